The van der Waals surface area contributed by atoms with Crippen LogP contribution in [0.3, 0.4) is 0 Å². The van der Waals surface area contributed by atoms with E-state index in [1.165, 1.54) is 36.4 Å². The fourth-order valence-corrected chi connectivity index (χ4v) is 6.87. The number of carboxylic acids is 1. The number of ether oxygens (including phenoxy) is 3. The summed E-state index contributed by atoms with van der Waals surface area (Å²) < 4.78 is 120. The lowest BCUT2D eigenvalue weighted by molar-refractivity contribution is -0.645. The number of esters is 1. The van der Waals surface area contributed by atoms with E-state index >= 15 is 0 Å². The Labute approximate surface area is 293 Å². The van der Waals surface area contributed by atoms with Crippen molar-refractivity contribution in [3.05, 3.63) is 70.8 Å². The third-order valence-corrected chi connectivity index (χ3v) is 9.92. The highest BCUT2D eigenvalue weighted by Crippen LogP contribution is 2.33. The van der Waals surface area contributed by atoms with Crippen LogP contribution in [0.5, 0.6) is 17.2 Å². The summed E-state index contributed by atoms with van der Waals surface area (Å²) >= 11 is 0. The van der Waals surface area contributed by atoms with Crippen molar-refractivity contribution in [1.82, 2.24) is 0 Å². The number of pyridine rings is 1. The number of carbonyl (C=O) groups is 2. The molecular formula is C32H33NO15S3-2. The summed E-state index contributed by atoms with van der Waals surface area (Å²) in [4.78, 5) is 25.8. The largest absolute Gasteiger partial charge is 0.748 e. The number of carbonyl (C=O) groups excluding carboxylic acids is 1. The summed E-state index contributed by atoms with van der Waals surface area (Å²) in [6, 6.07) is 11.7. The first-order valence-electron chi connectivity index (χ1n) is 15.3. The van der Waals surface area contributed by atoms with Crippen LogP contribution in [0.4, 0.5) is 0 Å². The number of nitrogens with zero attached hydrogens (tertiary/aromatic N) is 1. The summed E-state index contributed by atoms with van der Waals surface area (Å²) in [5.41, 5.74) is 1.35. The number of hydrogen-bond acceptors (Lipinski definition) is 14. The van der Waals surface area contributed by atoms with Crippen LogP contribution >= 0.6 is 0 Å². The molecule has 276 valence electrons. The van der Waals surface area contributed by atoms with Crippen LogP contribution in [-0.4, -0.2) is 86.4 Å². The number of fused-ring (bicyclic) bond motifs is 2. The third-order valence-electron chi connectivity index (χ3n) is 7.55. The van der Waals surface area contributed by atoms with Crippen LogP contribution in [0.1, 0.15) is 51.1 Å². The molecule has 0 aliphatic carbocycles. The normalized spacial score (nSPS) is 12.3. The van der Waals surface area contributed by atoms with Gasteiger partial charge in [-0.2, -0.15) is 4.57 Å². The summed E-state index contributed by atoms with van der Waals surface area (Å²) in [5, 5.41) is 9.88. The second-order valence-electron chi connectivity index (χ2n) is 11.6. The maximum Gasteiger partial charge on any atom is 0.345 e. The highest BCUT2D eigenvalue weighted by molar-refractivity contribution is 7.86. The molecule has 0 fully saturated rings. The van der Waals surface area contributed by atoms with Gasteiger partial charge in [-0.15, -0.1) is 0 Å². The van der Waals surface area contributed by atoms with Crippen LogP contribution in [0, 0.1) is 13.8 Å². The zero-order valence-electron chi connectivity index (χ0n) is 27.3. The van der Waals surface area contributed by atoms with Crippen LogP contribution < -0.4 is 18.8 Å². The molecule has 0 amide bonds. The molecule has 4 aromatic rings. The molecule has 0 saturated carbocycles. The molecule has 1 N–H and O–H groups in total. The van der Waals surface area contributed by atoms with Crippen LogP contribution in [0.15, 0.2) is 48.5 Å². The molecule has 0 saturated heterocycles. The van der Waals surface area contributed by atoms with Gasteiger partial charge in [-0.3, -0.25) is 0 Å². The van der Waals surface area contributed by atoms with Gasteiger partial charge in [0.2, 0.25) is 11.0 Å². The Bertz CT molecular complexity index is 2200. The van der Waals surface area contributed by atoms with Crippen LogP contribution in [-0.2, 0) is 36.9 Å². The van der Waals surface area contributed by atoms with Gasteiger partial charge in [-0.1, -0.05) is 0 Å². The van der Waals surface area contributed by atoms with Gasteiger partial charge in [-0.05, 0) is 74.2 Å². The van der Waals surface area contributed by atoms with Gasteiger partial charge < -0.3 is 33.0 Å². The van der Waals surface area contributed by atoms with Gasteiger partial charge in [0.15, 0.2) is 6.54 Å². The molecule has 1 aromatic heterocycles. The molecule has 0 atom stereocenters. The summed E-state index contributed by atoms with van der Waals surface area (Å²) in [7, 11) is -13.6. The number of carboxylic acid groups (broad SMARTS) is 1. The lowest BCUT2D eigenvalue weighted by Gasteiger charge is -2.16. The molecule has 16 nitrogen and oxygen atoms in total. The fourth-order valence-electron chi connectivity index (χ4n) is 5.45. The van der Waals surface area contributed by atoms with Gasteiger partial charge in [-0.25, -0.2) is 34.8 Å². The average molecular weight is 768 g/mol. The van der Waals surface area contributed by atoms with Crippen LogP contribution in [0.2, 0.25) is 0 Å². The number of benzene rings is 3. The highest BCUT2D eigenvalue weighted by atomic mass is 32.2. The number of aromatic carboxylic acids is 1. The fraction of sp³-hybridized carbons (Fsp3) is 0.344. The van der Waals surface area contributed by atoms with Crippen molar-refractivity contribution in [3.63, 3.8) is 0 Å². The Balaban J connectivity index is 1.91. The van der Waals surface area contributed by atoms with Gasteiger partial charge in [0, 0.05) is 35.8 Å². The SMILES string of the molecule is Cc1cc(C(=O)O)cc(C)c1OC(=O)c1c2cc(OCCCS(=O)(=O)[O-])ccc2[n+](CCCS(=O)(=O)[O-])c2ccc(OCCCS(=O)(=O)[O-])cc12. The van der Waals surface area contributed by atoms with E-state index in [1.54, 1.807) is 30.5 Å². The van der Waals surface area contributed by atoms with Crippen molar-refractivity contribution in [3.8, 4) is 17.2 Å². The van der Waals surface area contributed by atoms with Crippen molar-refractivity contribution in [2.75, 3.05) is 30.5 Å². The molecule has 4 rings (SSSR count). The summed E-state index contributed by atoms with van der Waals surface area (Å²) in [5.74, 6) is -3.71. The predicted octanol–water partition coefficient (Wildman–Crippen LogP) is 2.38. The summed E-state index contributed by atoms with van der Waals surface area (Å²) in [6.07, 6.45) is -0.360. The number of aryl methyl sites for hydroxylation is 3. The van der Waals surface area contributed by atoms with Crippen LogP contribution in [0.25, 0.3) is 21.8 Å². The molecule has 3 aromatic carbocycles. The van der Waals surface area contributed by atoms with Crippen molar-refractivity contribution in [1.29, 1.82) is 0 Å². The first-order valence-corrected chi connectivity index (χ1v) is 20.0. The second kappa shape index (κ2) is 15.9. The van der Waals surface area contributed by atoms with Crippen molar-refractivity contribution < 1.29 is 72.4 Å². The molecular weight excluding hydrogens is 735 g/mol. The number of hydrogen-bond donors (Lipinski definition) is 1. The molecule has 0 radical (unpaired) electrons. The zero-order chi connectivity index (χ0) is 37.7. The highest BCUT2D eigenvalue weighted by Gasteiger charge is 2.28. The van der Waals surface area contributed by atoms with Crippen molar-refractivity contribution in [2.45, 2.75) is 39.7 Å². The molecule has 19 heteroatoms. The molecule has 51 heavy (non-hydrogen) atoms. The molecule has 0 aliphatic heterocycles. The van der Waals surface area contributed by atoms with Crippen molar-refractivity contribution >= 4 is 64.1 Å². The smallest absolute Gasteiger partial charge is 0.345 e. The number of aromatic nitrogens is 1. The molecule has 1 heterocycles. The number of rotatable bonds is 17. The maximum absolute atomic E-state index is 14.2. The minimum Gasteiger partial charge on any atom is -0.748 e. The Morgan fingerprint density at radius 2 is 1.12 bits per heavy atom. The molecule has 0 aliphatic rings. The van der Waals surface area contributed by atoms with E-state index in [2.05, 4.69) is 0 Å². The van der Waals surface area contributed by atoms with E-state index in [9.17, 15) is 53.6 Å². The monoisotopic (exact) mass is 767 g/mol. The molecule has 0 bridgehead atoms. The zero-order valence-corrected chi connectivity index (χ0v) is 29.8. The van der Waals surface area contributed by atoms with E-state index < -0.39 is 59.6 Å². The first kappa shape index (κ1) is 39.4. The molecule has 0 spiro atoms. The van der Waals surface area contributed by atoms with Gasteiger partial charge in [0.05, 0.1) is 65.5 Å². The second-order valence-corrected chi connectivity index (χ2v) is 16.1. The van der Waals surface area contributed by atoms with E-state index in [4.69, 9.17) is 14.2 Å². The van der Waals surface area contributed by atoms with Gasteiger partial charge >= 0.3 is 11.9 Å². The van der Waals surface area contributed by atoms with E-state index in [0.29, 0.717) is 22.2 Å². The Kier molecular flexibility index (Phi) is 12.3. The van der Waals surface area contributed by atoms with E-state index in [1.807, 2.05) is 0 Å². The predicted molar refractivity (Wildman–Crippen MR) is 178 cm³/mol. The topological polar surface area (TPSA) is 258 Å². The standard InChI is InChI=1S/C32H35NO15S3/c1-20-16-22(31(34)35)17-21(2)30(20)48-32(36)29-25-18-23(46-11-4-14-50(40,41)42)6-8-27(25)33(10-3-13-49(37,38)39)28-9-7-24(19-26(28)29)47-12-5-15-51(43,44)45/h6-9,16-19H,3-5,10-15H2,1-2H3,(H3-,34,35,37,38,39,40,41,42,43,44,45)/p-2. The lowest BCUT2D eigenvalue weighted by atomic mass is 10.0. The molecule has 0 unspecified atom stereocenters. The lowest BCUT2D eigenvalue weighted by Crippen LogP contribution is -2.37. The summed E-state index contributed by atoms with van der Waals surface area (Å²) in [6.45, 7) is 2.76. The average Bonchev–Trinajstić information content (AvgIpc) is 3.01. The quantitative estimate of drug-likeness (QED) is 0.0404. The minimum absolute atomic E-state index is 0.0121. The maximum atomic E-state index is 14.2. The van der Waals surface area contributed by atoms with E-state index in [0.717, 1.165) is 0 Å². The van der Waals surface area contributed by atoms with E-state index in [-0.39, 0.29) is 78.2 Å². The Morgan fingerprint density at radius 3 is 1.53 bits per heavy atom. The minimum atomic E-state index is -4.58. The third kappa shape index (κ3) is 11.0. The van der Waals surface area contributed by atoms with Gasteiger partial charge in [0.1, 0.15) is 17.2 Å². The van der Waals surface area contributed by atoms with Crippen molar-refractivity contribution in [2.24, 2.45) is 0 Å². The first-order chi connectivity index (χ1) is 23.7. The Morgan fingerprint density at radius 1 is 0.686 bits per heavy atom. The Hall–Kier alpha value is -4.40. The van der Waals surface area contributed by atoms with Gasteiger partial charge in [0.25, 0.3) is 0 Å².